The maximum absolute atomic E-state index is 9.89. The van der Waals surface area contributed by atoms with Crippen LogP contribution in [0.4, 0.5) is 0 Å². The first-order valence-electron chi connectivity index (χ1n) is 3.10. The van der Waals surface area contributed by atoms with Crippen molar-refractivity contribution in [3.63, 3.8) is 0 Å². The molecule has 0 aromatic carbocycles. The number of nitrogens with zero attached hydrogens (tertiary/aromatic N) is 1. The van der Waals surface area contributed by atoms with Gasteiger partial charge >= 0.3 is 0 Å². The normalized spacial score (nSPS) is 11.5. The molecule has 0 atom stereocenters. The summed E-state index contributed by atoms with van der Waals surface area (Å²) >= 11 is 0. The lowest BCUT2D eigenvalue weighted by Crippen LogP contribution is -2.45. The molecule has 0 heterocycles. The van der Waals surface area contributed by atoms with Gasteiger partial charge in [0.2, 0.25) is 10.4 Å². The fourth-order valence-electron chi connectivity index (χ4n) is 0.387. The number of carboxylic acid groups (broad SMARTS) is 1. The van der Waals surface area contributed by atoms with E-state index in [0.29, 0.717) is 4.48 Å². The topological polar surface area (TPSA) is 118 Å². The Morgan fingerprint density at radius 1 is 1.38 bits per heavy atom. The number of aliphatic carboxylic acids is 1. The number of rotatable bonds is 2. The summed E-state index contributed by atoms with van der Waals surface area (Å²) in [6, 6.07) is 0. The molecule has 0 spiro atoms. The highest BCUT2D eigenvalue weighted by atomic mass is 32.3. The maximum atomic E-state index is 9.89. The molecule has 0 radical (unpaired) electrons. The molecule has 0 saturated heterocycles. The number of carbonyl (C=O) groups excluding carboxylic acids is 1. The van der Waals surface area contributed by atoms with Crippen molar-refractivity contribution in [3.8, 4) is 0 Å². The quantitative estimate of drug-likeness (QED) is 0.307. The van der Waals surface area contributed by atoms with Crippen LogP contribution in [-0.2, 0) is 15.2 Å². The van der Waals surface area contributed by atoms with Crippen molar-refractivity contribution >= 4 is 16.4 Å². The summed E-state index contributed by atoms with van der Waals surface area (Å²) in [6.07, 6.45) is 0. The average molecular weight is 214 g/mol. The van der Waals surface area contributed by atoms with Crippen LogP contribution in [0, 0.1) is 0 Å². The van der Waals surface area contributed by atoms with Gasteiger partial charge in [0.15, 0.2) is 0 Å². The van der Waals surface area contributed by atoms with Gasteiger partial charge in [-0.1, -0.05) is 0 Å². The van der Waals surface area contributed by atoms with Crippen LogP contribution in [0.15, 0.2) is 0 Å². The standard InChI is InChI=1S/C5H11NO2.H2O4S/c1-6(2,3)4-5(7)8;1-5(2,3)4/h4H2,1-3H3;(H2,1,2,3,4)/p-1. The minimum Gasteiger partial charge on any atom is -0.726 e. The van der Waals surface area contributed by atoms with Crippen LogP contribution in [0.3, 0.4) is 0 Å². The minimum absolute atomic E-state index is 0.0694. The molecule has 0 bridgehead atoms. The van der Waals surface area contributed by atoms with Gasteiger partial charge in [-0.2, -0.15) is 0 Å². The second-order valence-corrected chi connectivity index (χ2v) is 4.10. The molecule has 8 heteroatoms. The van der Waals surface area contributed by atoms with Crippen molar-refractivity contribution in [1.29, 1.82) is 0 Å². The van der Waals surface area contributed by atoms with Gasteiger partial charge in [0.1, 0.15) is 6.54 Å². The van der Waals surface area contributed by atoms with E-state index >= 15 is 0 Å². The first-order valence-corrected chi connectivity index (χ1v) is 4.47. The molecule has 0 aliphatic carbocycles. The molecule has 0 aromatic heterocycles. The summed E-state index contributed by atoms with van der Waals surface area (Å²) < 4.78 is 33.3. The fraction of sp³-hybridized carbons (Fsp3) is 0.800. The summed E-state index contributed by atoms with van der Waals surface area (Å²) in [5.74, 6) is -1.00. The molecule has 0 rings (SSSR count). The van der Waals surface area contributed by atoms with E-state index < -0.39 is 16.4 Å². The summed E-state index contributed by atoms with van der Waals surface area (Å²) in [5.41, 5.74) is 0. The second kappa shape index (κ2) is 5.12. The molecule has 7 nitrogen and oxygen atoms in total. The predicted octanol–water partition coefficient (Wildman–Crippen LogP) is -2.55. The first kappa shape index (κ1) is 14.8. The molecule has 0 aliphatic heterocycles. The van der Waals surface area contributed by atoms with Crippen molar-refractivity contribution in [2.75, 3.05) is 27.7 Å². The van der Waals surface area contributed by atoms with Crippen LogP contribution < -0.4 is 5.11 Å². The fourth-order valence-corrected chi connectivity index (χ4v) is 0.387. The molecule has 0 saturated carbocycles. The van der Waals surface area contributed by atoms with E-state index in [4.69, 9.17) is 17.5 Å². The van der Waals surface area contributed by atoms with Crippen LogP contribution in [0.25, 0.3) is 0 Å². The van der Waals surface area contributed by atoms with Crippen LogP contribution in [0.5, 0.6) is 0 Å². The Labute approximate surface area is 76.8 Å². The zero-order valence-electron chi connectivity index (χ0n) is 7.55. The molecule has 80 valence electrons. The third kappa shape index (κ3) is 52.9. The van der Waals surface area contributed by atoms with Gasteiger partial charge < -0.3 is 18.9 Å². The second-order valence-electron chi connectivity index (χ2n) is 3.25. The van der Waals surface area contributed by atoms with E-state index in [-0.39, 0.29) is 6.54 Å². The Hall–Kier alpha value is -0.700. The smallest absolute Gasteiger partial charge is 0.215 e. The van der Waals surface area contributed by atoms with Crippen LogP contribution in [-0.4, -0.2) is 55.7 Å². The summed E-state index contributed by atoms with van der Waals surface area (Å²) in [6.45, 7) is 0.0694. The van der Waals surface area contributed by atoms with E-state index in [2.05, 4.69) is 0 Å². The molecule has 0 aromatic rings. The van der Waals surface area contributed by atoms with Gasteiger partial charge in [0.05, 0.1) is 27.1 Å². The first-order chi connectivity index (χ1) is 5.42. The lowest BCUT2D eigenvalue weighted by molar-refractivity contribution is -0.864. The van der Waals surface area contributed by atoms with Gasteiger partial charge in [-0.25, -0.2) is 8.42 Å². The Bertz CT molecular complexity index is 243. The summed E-state index contributed by atoms with van der Waals surface area (Å²) in [5, 5.41) is 9.89. The van der Waals surface area contributed by atoms with E-state index in [0.717, 1.165) is 0 Å². The van der Waals surface area contributed by atoms with Crippen molar-refractivity contribution in [1.82, 2.24) is 0 Å². The van der Waals surface area contributed by atoms with Gasteiger partial charge in [0, 0.05) is 0 Å². The minimum atomic E-state index is -4.92. The molecule has 1 N–H and O–H groups in total. The van der Waals surface area contributed by atoms with E-state index in [1.165, 1.54) is 0 Å². The van der Waals surface area contributed by atoms with Gasteiger partial charge in [-0.05, 0) is 0 Å². The Balaban J connectivity index is 0. The van der Waals surface area contributed by atoms with Gasteiger partial charge in [-0.15, -0.1) is 0 Å². The highest BCUT2D eigenvalue weighted by molar-refractivity contribution is 7.79. The largest absolute Gasteiger partial charge is 0.726 e. The van der Waals surface area contributed by atoms with Crippen LogP contribution in [0.1, 0.15) is 0 Å². The molecule has 0 unspecified atom stereocenters. The van der Waals surface area contributed by atoms with Crippen LogP contribution >= 0.6 is 0 Å². The average Bonchev–Trinajstić information content (AvgIpc) is 1.47. The molecule has 13 heavy (non-hydrogen) atoms. The third-order valence-corrected chi connectivity index (χ3v) is 0.603. The number of carboxylic acids is 1. The molecule has 0 fully saturated rings. The highest BCUT2D eigenvalue weighted by Gasteiger charge is 2.04. The monoisotopic (exact) mass is 214 g/mol. The summed E-state index contributed by atoms with van der Waals surface area (Å²) in [7, 11) is 0.488. The van der Waals surface area contributed by atoms with Gasteiger partial charge in [-0.3, -0.25) is 4.55 Å². The number of hydrogen-bond acceptors (Lipinski definition) is 5. The molecular formula is C5H12NO6S-. The number of quaternary nitrogens is 1. The van der Waals surface area contributed by atoms with Crippen molar-refractivity contribution in [3.05, 3.63) is 0 Å². The summed E-state index contributed by atoms with van der Waals surface area (Å²) in [4.78, 5) is 9.89. The molecule has 0 amide bonds. The van der Waals surface area contributed by atoms with Crippen molar-refractivity contribution in [2.24, 2.45) is 0 Å². The Morgan fingerprint density at radius 2 is 1.62 bits per heavy atom. The Morgan fingerprint density at radius 3 is 1.62 bits per heavy atom. The van der Waals surface area contributed by atoms with E-state index in [1.807, 2.05) is 0 Å². The highest BCUT2D eigenvalue weighted by Crippen LogP contribution is 1.84. The number of carbonyl (C=O) groups is 1. The SMILES string of the molecule is C[N+](C)(C)CC(=O)[O-].O=S(=O)([O-])O. The van der Waals surface area contributed by atoms with Crippen molar-refractivity contribution in [2.45, 2.75) is 0 Å². The molecule has 0 aliphatic rings. The zero-order valence-corrected chi connectivity index (χ0v) is 8.37. The van der Waals surface area contributed by atoms with E-state index in [1.54, 1.807) is 21.1 Å². The third-order valence-electron chi connectivity index (χ3n) is 0.603. The number of hydrogen-bond donors (Lipinski definition) is 1. The zero-order chi connectivity index (χ0) is 11.3. The molecular weight excluding hydrogens is 202 g/mol. The van der Waals surface area contributed by atoms with E-state index in [9.17, 15) is 9.90 Å². The predicted molar refractivity (Wildman–Crippen MR) is 40.2 cm³/mol. The number of likely N-dealkylation sites (N-methyl/N-ethyl adjacent to an activating group) is 1. The van der Waals surface area contributed by atoms with Crippen molar-refractivity contribution < 1.29 is 31.9 Å². The maximum Gasteiger partial charge on any atom is 0.215 e. The van der Waals surface area contributed by atoms with Gasteiger partial charge in [0.25, 0.3) is 0 Å². The lowest BCUT2D eigenvalue weighted by atomic mass is 10.5. The lowest BCUT2D eigenvalue weighted by Gasteiger charge is -2.23. The Kier molecular flexibility index (Phi) is 5.83. The van der Waals surface area contributed by atoms with Crippen LogP contribution in [0.2, 0.25) is 0 Å².